The minimum absolute atomic E-state index is 0.117. The highest BCUT2D eigenvalue weighted by Crippen LogP contribution is 2.10. The molecule has 7 nitrogen and oxygen atoms in total. The average Bonchev–Trinajstić information content (AvgIpc) is 2.59. The molecule has 0 spiro atoms. The highest BCUT2D eigenvalue weighted by Gasteiger charge is 2.25. The van der Waals surface area contributed by atoms with Crippen LogP contribution in [0.15, 0.2) is 30.3 Å². The smallest absolute Gasteiger partial charge is 0.320 e. The number of benzene rings is 1. The van der Waals surface area contributed by atoms with Gasteiger partial charge in [0, 0.05) is 0 Å². The van der Waals surface area contributed by atoms with Gasteiger partial charge < -0.3 is 14.2 Å². The van der Waals surface area contributed by atoms with Crippen molar-refractivity contribution in [3.05, 3.63) is 35.9 Å². The van der Waals surface area contributed by atoms with Gasteiger partial charge >= 0.3 is 17.9 Å². The van der Waals surface area contributed by atoms with Crippen LogP contribution in [0.2, 0.25) is 0 Å². The van der Waals surface area contributed by atoms with Gasteiger partial charge in [0.15, 0.2) is 0 Å². The van der Waals surface area contributed by atoms with E-state index in [1.165, 1.54) is 4.90 Å². The van der Waals surface area contributed by atoms with Crippen molar-refractivity contribution in [2.45, 2.75) is 73.2 Å². The monoisotopic (exact) mass is 423 g/mol. The van der Waals surface area contributed by atoms with E-state index in [9.17, 15) is 14.4 Å². The number of carbonyl (C=O) groups is 3. The van der Waals surface area contributed by atoms with Gasteiger partial charge in [-0.2, -0.15) is 0 Å². The maximum Gasteiger partial charge on any atom is 0.320 e. The predicted octanol–water partition coefficient (Wildman–Crippen LogP) is 3.74. The number of carbonyl (C=O) groups excluding carboxylic acids is 3. The molecule has 0 aromatic heterocycles. The van der Waals surface area contributed by atoms with Crippen LogP contribution in [0.3, 0.4) is 0 Å². The van der Waals surface area contributed by atoms with Crippen molar-refractivity contribution in [1.29, 1.82) is 0 Å². The summed E-state index contributed by atoms with van der Waals surface area (Å²) in [5.74, 6) is -1.62. The van der Waals surface area contributed by atoms with Crippen molar-refractivity contribution < 1.29 is 28.6 Å². The van der Waals surface area contributed by atoms with Gasteiger partial charge in [0.05, 0.1) is 19.6 Å². The van der Waals surface area contributed by atoms with Crippen LogP contribution in [0.4, 0.5) is 0 Å². The molecule has 0 aliphatic heterocycles. The third kappa shape index (κ3) is 14.6. The lowest BCUT2D eigenvalue weighted by molar-refractivity contribution is -0.161. The van der Waals surface area contributed by atoms with Crippen LogP contribution in [-0.2, 0) is 35.2 Å². The van der Waals surface area contributed by atoms with Gasteiger partial charge in [0.2, 0.25) is 0 Å². The van der Waals surface area contributed by atoms with E-state index in [0.29, 0.717) is 0 Å². The molecule has 170 valence electrons. The summed E-state index contributed by atoms with van der Waals surface area (Å²) < 4.78 is 15.8. The first-order chi connectivity index (χ1) is 13.8. The molecule has 1 aromatic rings. The van der Waals surface area contributed by atoms with Gasteiger partial charge in [-0.1, -0.05) is 44.2 Å². The summed E-state index contributed by atoms with van der Waals surface area (Å²) in [6.07, 6.45) is 0. The Morgan fingerprint density at radius 3 is 1.53 bits per heavy atom. The van der Waals surface area contributed by atoms with E-state index in [4.69, 9.17) is 14.2 Å². The summed E-state index contributed by atoms with van der Waals surface area (Å²) in [6, 6.07) is 9.24. The largest absolute Gasteiger partial charge is 0.460 e. The summed E-state index contributed by atoms with van der Waals surface area (Å²) in [5.41, 5.74) is -0.480. The molecule has 0 heterocycles. The van der Waals surface area contributed by atoms with Crippen LogP contribution >= 0.6 is 0 Å². The van der Waals surface area contributed by atoms with Gasteiger partial charge in [-0.25, -0.2) is 0 Å². The Bertz CT molecular complexity index is 629. The maximum atomic E-state index is 12.2. The van der Waals surface area contributed by atoms with Crippen LogP contribution in [-0.4, -0.2) is 53.6 Å². The Labute approximate surface area is 180 Å². The normalized spacial score (nSPS) is 11.2. The molecule has 1 rings (SSSR count). The van der Waals surface area contributed by atoms with Crippen LogP contribution in [0.1, 0.15) is 61.0 Å². The third-order valence-corrected chi connectivity index (χ3v) is 3.14. The van der Waals surface area contributed by atoms with Gasteiger partial charge in [0.1, 0.15) is 17.8 Å². The number of rotatable bonds is 8. The summed E-state index contributed by atoms with van der Waals surface area (Å²) in [4.78, 5) is 37.8. The fourth-order valence-electron chi connectivity index (χ4n) is 2.25. The quantitative estimate of drug-likeness (QED) is 0.465. The molecule has 0 saturated heterocycles. The number of ether oxygens (including phenoxy) is 3. The van der Waals surface area contributed by atoms with Crippen molar-refractivity contribution in [3.63, 3.8) is 0 Å². The Morgan fingerprint density at radius 2 is 1.13 bits per heavy atom. The van der Waals surface area contributed by atoms with E-state index in [-0.39, 0.29) is 26.2 Å². The van der Waals surface area contributed by atoms with E-state index in [0.717, 1.165) is 5.56 Å². The Kier molecular flexibility index (Phi) is 12.0. The van der Waals surface area contributed by atoms with Crippen molar-refractivity contribution in [1.82, 2.24) is 4.90 Å². The lowest BCUT2D eigenvalue weighted by Gasteiger charge is -2.25. The molecule has 7 heteroatoms. The minimum atomic E-state index is -0.664. The zero-order valence-electron chi connectivity index (χ0n) is 19.6. The first kappa shape index (κ1) is 27.6. The van der Waals surface area contributed by atoms with Gasteiger partial charge in [-0.3, -0.25) is 19.3 Å². The summed E-state index contributed by atoms with van der Waals surface area (Å²) >= 11 is 0. The number of esters is 3. The first-order valence-electron chi connectivity index (χ1n) is 10.2. The van der Waals surface area contributed by atoms with Gasteiger partial charge in [-0.15, -0.1) is 0 Å². The lowest BCUT2D eigenvalue weighted by Crippen LogP contribution is -2.42. The molecule has 0 fully saturated rings. The molecule has 1 aromatic carbocycles. The maximum absolute atomic E-state index is 12.2. The molecule has 0 bridgehead atoms. The van der Waals surface area contributed by atoms with E-state index in [1.807, 2.05) is 44.2 Å². The summed E-state index contributed by atoms with van der Waals surface area (Å²) in [7, 11) is 0. The fourth-order valence-corrected chi connectivity index (χ4v) is 2.25. The highest BCUT2D eigenvalue weighted by atomic mass is 16.6. The fraction of sp³-hybridized carbons (Fsp3) is 0.609. The SMILES string of the molecule is CC.CC(C)(C)OC(=O)CN(CC(=O)OCc1ccccc1)CC(=O)OC(C)(C)C. The Hall–Kier alpha value is -2.41. The van der Waals surface area contributed by atoms with Gasteiger partial charge in [-0.05, 0) is 47.1 Å². The van der Waals surface area contributed by atoms with Gasteiger partial charge in [0.25, 0.3) is 0 Å². The molecule has 0 atom stereocenters. The second kappa shape index (κ2) is 13.0. The topological polar surface area (TPSA) is 82.1 Å². The van der Waals surface area contributed by atoms with E-state index in [1.54, 1.807) is 41.5 Å². The molecule has 0 saturated carbocycles. The lowest BCUT2D eigenvalue weighted by atomic mass is 10.2. The average molecular weight is 424 g/mol. The predicted molar refractivity (Wildman–Crippen MR) is 116 cm³/mol. The van der Waals surface area contributed by atoms with Crippen molar-refractivity contribution >= 4 is 17.9 Å². The number of hydrogen-bond acceptors (Lipinski definition) is 7. The molecule has 0 aliphatic rings. The molecule has 30 heavy (non-hydrogen) atoms. The molecule has 0 radical (unpaired) electrons. The highest BCUT2D eigenvalue weighted by molar-refractivity contribution is 5.78. The standard InChI is InChI=1S/C21H31NO6.C2H6/c1-20(2,3)27-18(24)13-22(14-19(25)28-21(4,5)6)12-17(23)26-15-16-10-8-7-9-11-16;1-2/h7-11H,12-15H2,1-6H3;1-2H3. The second-order valence-corrected chi connectivity index (χ2v) is 8.46. The zero-order chi connectivity index (χ0) is 23.4. The first-order valence-corrected chi connectivity index (χ1v) is 10.2. The zero-order valence-corrected chi connectivity index (χ0v) is 19.6. The van der Waals surface area contributed by atoms with Crippen LogP contribution in [0.25, 0.3) is 0 Å². The Morgan fingerprint density at radius 1 is 0.733 bits per heavy atom. The van der Waals surface area contributed by atoms with Crippen LogP contribution < -0.4 is 0 Å². The molecule has 0 N–H and O–H groups in total. The molecular weight excluding hydrogens is 386 g/mol. The van der Waals surface area contributed by atoms with Crippen molar-refractivity contribution in [2.24, 2.45) is 0 Å². The Balaban J connectivity index is 0.00000407. The van der Waals surface area contributed by atoms with Crippen molar-refractivity contribution in [2.75, 3.05) is 19.6 Å². The summed E-state index contributed by atoms with van der Waals surface area (Å²) in [6.45, 7) is 13.9. The second-order valence-electron chi connectivity index (χ2n) is 8.46. The number of hydrogen-bond donors (Lipinski definition) is 0. The van der Waals surface area contributed by atoms with E-state index < -0.39 is 29.1 Å². The van der Waals surface area contributed by atoms with Crippen LogP contribution in [0.5, 0.6) is 0 Å². The molecular formula is C23H37NO6. The van der Waals surface area contributed by atoms with Crippen molar-refractivity contribution in [3.8, 4) is 0 Å². The minimum Gasteiger partial charge on any atom is -0.460 e. The number of nitrogens with zero attached hydrogens (tertiary/aromatic N) is 1. The van der Waals surface area contributed by atoms with E-state index >= 15 is 0 Å². The summed E-state index contributed by atoms with van der Waals surface area (Å²) in [5, 5.41) is 0. The molecule has 0 amide bonds. The van der Waals surface area contributed by atoms with E-state index in [2.05, 4.69) is 0 Å². The third-order valence-electron chi connectivity index (χ3n) is 3.14. The molecule has 0 aliphatic carbocycles. The van der Waals surface area contributed by atoms with Crippen LogP contribution in [0, 0.1) is 0 Å². The molecule has 0 unspecified atom stereocenters.